The first-order chi connectivity index (χ1) is 7.36. The van der Waals surface area contributed by atoms with Crippen LogP contribution in [0.2, 0.25) is 0 Å². The van der Waals surface area contributed by atoms with Gasteiger partial charge in [-0.05, 0) is 51.4 Å². The normalized spacial score (nSPS) is 12.2. The zero-order valence-electron chi connectivity index (χ0n) is 11.2. The molecule has 0 saturated carbocycles. The molecule has 2 N–H and O–H groups in total. The van der Waals surface area contributed by atoms with Crippen LogP contribution in [-0.2, 0) is 6.54 Å². The number of nitrogens with zero attached hydrogens (tertiary/aromatic N) is 1. The van der Waals surface area contributed by atoms with E-state index in [1.54, 1.807) is 0 Å². The molecule has 0 aliphatic rings. The predicted octanol–water partition coefficient (Wildman–Crippen LogP) is 2.47. The van der Waals surface area contributed by atoms with Crippen molar-refractivity contribution in [1.29, 1.82) is 0 Å². The van der Waals surface area contributed by atoms with Gasteiger partial charge in [0.2, 0.25) is 0 Å². The van der Waals surface area contributed by atoms with Crippen LogP contribution >= 0.6 is 0 Å². The van der Waals surface area contributed by atoms with Crippen molar-refractivity contribution in [2.24, 2.45) is 5.73 Å². The first-order valence-electron chi connectivity index (χ1n) is 5.84. The summed E-state index contributed by atoms with van der Waals surface area (Å²) in [6.07, 6.45) is 0. The molecule has 0 aliphatic heterocycles. The molecule has 2 heteroatoms. The Bertz CT molecular complexity index is 356. The average Bonchev–Trinajstić information content (AvgIpc) is 2.23. The summed E-state index contributed by atoms with van der Waals surface area (Å²) in [5, 5.41) is 0. The highest BCUT2D eigenvalue weighted by Gasteiger charge is 2.21. The van der Waals surface area contributed by atoms with Gasteiger partial charge in [0.25, 0.3) is 0 Å². The second-order valence-corrected chi connectivity index (χ2v) is 5.29. The zero-order chi connectivity index (χ0) is 12.3. The summed E-state index contributed by atoms with van der Waals surface area (Å²) >= 11 is 0. The molecule has 0 heterocycles. The lowest BCUT2D eigenvalue weighted by Crippen LogP contribution is -2.46. The van der Waals surface area contributed by atoms with Crippen molar-refractivity contribution in [2.45, 2.75) is 39.8 Å². The molecule has 0 aromatic heterocycles. The molecule has 16 heavy (non-hydrogen) atoms. The van der Waals surface area contributed by atoms with E-state index in [4.69, 9.17) is 5.73 Å². The van der Waals surface area contributed by atoms with Gasteiger partial charge in [-0.15, -0.1) is 0 Å². The van der Waals surface area contributed by atoms with Crippen LogP contribution in [-0.4, -0.2) is 24.0 Å². The van der Waals surface area contributed by atoms with E-state index in [2.05, 4.69) is 57.8 Å². The summed E-state index contributed by atoms with van der Waals surface area (Å²) in [4.78, 5) is 2.30. The van der Waals surface area contributed by atoms with Crippen molar-refractivity contribution in [3.8, 4) is 0 Å². The highest BCUT2D eigenvalue weighted by molar-refractivity contribution is 5.29. The molecular weight excluding hydrogens is 196 g/mol. The minimum absolute atomic E-state index is 0.0544. The van der Waals surface area contributed by atoms with Crippen LogP contribution in [0.4, 0.5) is 0 Å². The number of likely N-dealkylation sites (N-methyl/N-ethyl adjacent to an activating group) is 1. The second kappa shape index (κ2) is 4.98. The summed E-state index contributed by atoms with van der Waals surface area (Å²) in [6.45, 7) is 10.3. The summed E-state index contributed by atoms with van der Waals surface area (Å²) < 4.78 is 0. The Balaban J connectivity index is 2.77. The highest BCUT2D eigenvalue weighted by Crippen LogP contribution is 2.16. The second-order valence-electron chi connectivity index (χ2n) is 5.29. The zero-order valence-corrected chi connectivity index (χ0v) is 11.2. The average molecular weight is 220 g/mol. The number of rotatable bonds is 4. The number of hydrogen-bond acceptors (Lipinski definition) is 2. The number of aryl methyl sites for hydroxylation is 2. The lowest BCUT2D eigenvalue weighted by Gasteiger charge is -2.34. The van der Waals surface area contributed by atoms with Gasteiger partial charge in [-0.2, -0.15) is 0 Å². The first-order valence-corrected chi connectivity index (χ1v) is 5.84. The van der Waals surface area contributed by atoms with E-state index in [1.807, 2.05) is 0 Å². The van der Waals surface area contributed by atoms with Crippen molar-refractivity contribution in [1.82, 2.24) is 4.90 Å². The third-order valence-electron chi connectivity index (χ3n) is 3.52. The molecule has 1 rings (SSSR count). The van der Waals surface area contributed by atoms with Gasteiger partial charge in [0.05, 0.1) is 0 Å². The maximum Gasteiger partial charge on any atom is 0.0275 e. The predicted molar refractivity (Wildman–Crippen MR) is 70.5 cm³/mol. The van der Waals surface area contributed by atoms with Gasteiger partial charge in [0, 0.05) is 18.6 Å². The fourth-order valence-corrected chi connectivity index (χ4v) is 1.55. The van der Waals surface area contributed by atoms with Crippen LogP contribution in [0.25, 0.3) is 0 Å². The molecule has 0 amide bonds. The van der Waals surface area contributed by atoms with Gasteiger partial charge in [-0.25, -0.2) is 0 Å². The molecule has 2 nitrogen and oxygen atoms in total. The lowest BCUT2D eigenvalue weighted by molar-refractivity contribution is 0.155. The van der Waals surface area contributed by atoms with Crippen molar-refractivity contribution in [2.75, 3.05) is 13.6 Å². The molecular formula is C14H24N2. The van der Waals surface area contributed by atoms with Crippen molar-refractivity contribution < 1.29 is 0 Å². The van der Waals surface area contributed by atoms with Crippen molar-refractivity contribution in [3.05, 3.63) is 34.9 Å². The molecule has 1 aromatic carbocycles. The largest absolute Gasteiger partial charge is 0.329 e. The van der Waals surface area contributed by atoms with E-state index in [0.717, 1.165) is 6.54 Å². The Morgan fingerprint density at radius 3 is 2.31 bits per heavy atom. The summed E-state index contributed by atoms with van der Waals surface area (Å²) in [5.41, 5.74) is 9.89. The minimum Gasteiger partial charge on any atom is -0.329 e. The molecule has 1 aromatic rings. The van der Waals surface area contributed by atoms with Gasteiger partial charge in [-0.3, -0.25) is 4.90 Å². The smallest absolute Gasteiger partial charge is 0.0275 e. The van der Waals surface area contributed by atoms with Crippen LogP contribution in [0, 0.1) is 13.8 Å². The van der Waals surface area contributed by atoms with Crippen molar-refractivity contribution in [3.63, 3.8) is 0 Å². The van der Waals surface area contributed by atoms with Crippen molar-refractivity contribution >= 4 is 0 Å². The Morgan fingerprint density at radius 1 is 1.19 bits per heavy atom. The van der Waals surface area contributed by atoms with E-state index < -0.39 is 0 Å². The molecule has 90 valence electrons. The monoisotopic (exact) mass is 220 g/mol. The number of hydrogen-bond donors (Lipinski definition) is 1. The van der Waals surface area contributed by atoms with Gasteiger partial charge < -0.3 is 5.73 Å². The quantitative estimate of drug-likeness (QED) is 0.844. The molecule has 0 atom stereocenters. The molecule has 0 saturated heterocycles. The fourth-order valence-electron chi connectivity index (χ4n) is 1.55. The van der Waals surface area contributed by atoms with Gasteiger partial charge in [-0.1, -0.05) is 18.2 Å². The Kier molecular flexibility index (Phi) is 4.11. The maximum atomic E-state index is 5.77. The maximum absolute atomic E-state index is 5.77. The van der Waals surface area contributed by atoms with E-state index in [-0.39, 0.29) is 5.54 Å². The Hall–Kier alpha value is -0.860. The van der Waals surface area contributed by atoms with E-state index >= 15 is 0 Å². The van der Waals surface area contributed by atoms with Crippen LogP contribution in [0.1, 0.15) is 30.5 Å². The molecule has 0 spiro atoms. The highest BCUT2D eigenvalue weighted by atomic mass is 15.2. The molecule has 0 unspecified atom stereocenters. The summed E-state index contributed by atoms with van der Waals surface area (Å²) in [7, 11) is 2.13. The van der Waals surface area contributed by atoms with Crippen LogP contribution < -0.4 is 5.73 Å². The number of benzene rings is 1. The molecule has 0 aliphatic carbocycles. The summed E-state index contributed by atoms with van der Waals surface area (Å²) in [6, 6.07) is 6.65. The minimum atomic E-state index is 0.0544. The topological polar surface area (TPSA) is 29.3 Å². The van der Waals surface area contributed by atoms with E-state index in [1.165, 1.54) is 16.7 Å². The summed E-state index contributed by atoms with van der Waals surface area (Å²) in [5.74, 6) is 0. The fraction of sp³-hybridized carbons (Fsp3) is 0.571. The third kappa shape index (κ3) is 3.06. The molecule has 0 fully saturated rings. The van der Waals surface area contributed by atoms with Crippen LogP contribution in [0.15, 0.2) is 18.2 Å². The standard InChI is InChI=1S/C14H24N2/c1-11-6-7-13(8-12(11)2)9-16(5)14(3,4)10-15/h6-8H,9-10,15H2,1-5H3. The third-order valence-corrected chi connectivity index (χ3v) is 3.52. The van der Waals surface area contributed by atoms with E-state index in [0.29, 0.717) is 6.54 Å². The Labute approximate surface area is 99.5 Å². The van der Waals surface area contributed by atoms with Gasteiger partial charge >= 0.3 is 0 Å². The Morgan fingerprint density at radius 2 is 1.81 bits per heavy atom. The molecule has 0 radical (unpaired) electrons. The molecule has 0 bridgehead atoms. The number of nitrogens with two attached hydrogens (primary N) is 1. The SMILES string of the molecule is Cc1ccc(CN(C)C(C)(C)CN)cc1C. The van der Waals surface area contributed by atoms with Gasteiger partial charge in [0.1, 0.15) is 0 Å². The van der Waals surface area contributed by atoms with E-state index in [9.17, 15) is 0 Å². The van der Waals surface area contributed by atoms with Crippen LogP contribution in [0.5, 0.6) is 0 Å². The van der Waals surface area contributed by atoms with Gasteiger partial charge in [0.15, 0.2) is 0 Å². The van der Waals surface area contributed by atoms with Crippen LogP contribution in [0.3, 0.4) is 0 Å². The lowest BCUT2D eigenvalue weighted by atomic mass is 10.0. The first kappa shape index (κ1) is 13.2.